The zero-order valence-electron chi connectivity index (χ0n) is 12.5. The number of aliphatic carboxylic acids is 1. The Kier molecular flexibility index (Phi) is 8.07. The second-order valence-electron chi connectivity index (χ2n) is 5.93. The first-order valence-electron chi connectivity index (χ1n) is 7.84. The summed E-state index contributed by atoms with van der Waals surface area (Å²) in [6, 6.07) is 0.268. The van der Waals surface area contributed by atoms with Crippen molar-refractivity contribution in [2.24, 2.45) is 5.92 Å². The molecule has 2 atom stereocenters. The van der Waals surface area contributed by atoms with Gasteiger partial charge in [0.05, 0.1) is 0 Å². The number of carbonyl (C=O) groups is 2. The second-order valence-corrected chi connectivity index (χ2v) is 5.93. The summed E-state index contributed by atoms with van der Waals surface area (Å²) in [5.74, 6) is -0.0208. The van der Waals surface area contributed by atoms with Crippen molar-refractivity contribution in [2.45, 2.75) is 70.8 Å². The van der Waals surface area contributed by atoms with Gasteiger partial charge in [-0.3, -0.25) is 4.79 Å². The minimum absolute atomic E-state index is 0.0605. The molecule has 0 spiro atoms. The Labute approximate surface area is 121 Å². The molecule has 0 radical (unpaired) electrons. The van der Waals surface area contributed by atoms with Gasteiger partial charge in [-0.15, -0.1) is 0 Å². The van der Waals surface area contributed by atoms with Gasteiger partial charge in [0.1, 0.15) is 0 Å². The van der Waals surface area contributed by atoms with E-state index >= 15 is 0 Å². The molecule has 2 unspecified atom stereocenters. The zero-order valence-corrected chi connectivity index (χ0v) is 12.5. The van der Waals surface area contributed by atoms with E-state index in [4.69, 9.17) is 5.11 Å². The minimum atomic E-state index is -0.732. The van der Waals surface area contributed by atoms with Gasteiger partial charge in [0, 0.05) is 19.0 Å². The van der Waals surface area contributed by atoms with Crippen LogP contribution in [0.2, 0.25) is 0 Å². The molecule has 116 valence electrons. The molecular weight excluding hydrogens is 256 g/mol. The highest BCUT2D eigenvalue weighted by atomic mass is 16.4. The summed E-state index contributed by atoms with van der Waals surface area (Å²) < 4.78 is 0. The van der Waals surface area contributed by atoms with Gasteiger partial charge in [-0.25, -0.2) is 4.79 Å². The highest BCUT2D eigenvalue weighted by Crippen LogP contribution is 2.23. The first-order valence-corrected chi connectivity index (χ1v) is 7.84. The number of amides is 2. The minimum Gasteiger partial charge on any atom is -0.481 e. The number of unbranched alkanes of at least 4 members (excludes halogenated alkanes) is 3. The molecule has 20 heavy (non-hydrogen) atoms. The normalized spacial score (nSPS) is 22.2. The maximum atomic E-state index is 11.7. The number of rotatable bonds is 8. The Hall–Kier alpha value is -1.26. The Balaban J connectivity index is 1.96. The number of carbonyl (C=O) groups excluding carboxylic acids is 1. The van der Waals surface area contributed by atoms with Gasteiger partial charge in [0.25, 0.3) is 0 Å². The van der Waals surface area contributed by atoms with Crippen molar-refractivity contribution in [3.63, 3.8) is 0 Å². The summed E-state index contributed by atoms with van der Waals surface area (Å²) in [6.07, 6.45) is 8.41. The molecule has 5 nitrogen and oxygen atoms in total. The molecule has 3 N–H and O–H groups in total. The molecule has 0 bridgehead atoms. The molecule has 0 saturated heterocycles. The van der Waals surface area contributed by atoms with Crippen molar-refractivity contribution in [1.82, 2.24) is 10.6 Å². The molecule has 0 heterocycles. The van der Waals surface area contributed by atoms with Crippen LogP contribution < -0.4 is 10.6 Å². The van der Waals surface area contributed by atoms with E-state index in [1.54, 1.807) is 0 Å². The molecule has 1 rings (SSSR count). The van der Waals surface area contributed by atoms with Crippen LogP contribution in [0.1, 0.15) is 64.7 Å². The average Bonchev–Trinajstić information content (AvgIpc) is 2.37. The standard InChI is InChI=1S/C15H28N2O3/c1-12-7-6-8-13(11-12)17-15(20)16-10-5-3-2-4-9-14(18)19/h12-13H,2-11H2,1H3,(H,18,19)(H2,16,17,20). The molecule has 1 fully saturated rings. The third kappa shape index (κ3) is 8.02. The van der Waals surface area contributed by atoms with E-state index in [0.29, 0.717) is 18.5 Å². The first-order chi connectivity index (χ1) is 9.58. The summed E-state index contributed by atoms with van der Waals surface area (Å²) in [7, 11) is 0. The molecule has 1 saturated carbocycles. The number of carboxylic acid groups (broad SMARTS) is 1. The number of carboxylic acids is 1. The molecular formula is C15H28N2O3. The molecule has 1 aliphatic carbocycles. The Morgan fingerprint density at radius 3 is 2.60 bits per heavy atom. The Bertz CT molecular complexity index is 307. The maximum Gasteiger partial charge on any atom is 0.315 e. The van der Waals surface area contributed by atoms with Crippen LogP contribution in [0.15, 0.2) is 0 Å². The van der Waals surface area contributed by atoms with E-state index in [-0.39, 0.29) is 12.5 Å². The number of hydrogen-bond donors (Lipinski definition) is 3. The fourth-order valence-corrected chi connectivity index (χ4v) is 2.76. The van der Waals surface area contributed by atoms with Crippen LogP contribution in [0.25, 0.3) is 0 Å². The van der Waals surface area contributed by atoms with Gasteiger partial charge in [-0.2, -0.15) is 0 Å². The van der Waals surface area contributed by atoms with E-state index < -0.39 is 5.97 Å². The van der Waals surface area contributed by atoms with Gasteiger partial charge >= 0.3 is 12.0 Å². The predicted octanol–water partition coefficient (Wildman–Crippen LogP) is 2.90. The van der Waals surface area contributed by atoms with Gasteiger partial charge in [0.15, 0.2) is 0 Å². The van der Waals surface area contributed by atoms with E-state index in [2.05, 4.69) is 17.6 Å². The lowest BCUT2D eigenvalue weighted by atomic mass is 9.87. The lowest BCUT2D eigenvalue weighted by Crippen LogP contribution is -2.44. The maximum absolute atomic E-state index is 11.7. The molecule has 1 aliphatic rings. The third-order valence-electron chi connectivity index (χ3n) is 3.87. The summed E-state index contributed by atoms with van der Waals surface area (Å²) >= 11 is 0. The number of urea groups is 1. The lowest BCUT2D eigenvalue weighted by molar-refractivity contribution is -0.137. The van der Waals surface area contributed by atoms with E-state index in [9.17, 15) is 9.59 Å². The largest absolute Gasteiger partial charge is 0.481 e. The van der Waals surface area contributed by atoms with Crippen molar-refractivity contribution in [3.8, 4) is 0 Å². The summed E-state index contributed by atoms with van der Waals surface area (Å²) in [6.45, 7) is 2.91. The first kappa shape index (κ1) is 16.8. The van der Waals surface area contributed by atoms with Crippen LogP contribution in [0.3, 0.4) is 0 Å². The summed E-state index contributed by atoms with van der Waals surface area (Å²) in [5.41, 5.74) is 0. The monoisotopic (exact) mass is 284 g/mol. The topological polar surface area (TPSA) is 78.4 Å². The quantitative estimate of drug-likeness (QED) is 0.600. The SMILES string of the molecule is CC1CCCC(NC(=O)NCCCCCCC(=O)O)C1. The van der Waals surface area contributed by atoms with Gasteiger partial charge < -0.3 is 15.7 Å². The average molecular weight is 284 g/mol. The fourth-order valence-electron chi connectivity index (χ4n) is 2.76. The fraction of sp³-hybridized carbons (Fsp3) is 0.867. The van der Waals surface area contributed by atoms with Crippen LogP contribution in [-0.4, -0.2) is 29.7 Å². The second kappa shape index (κ2) is 9.61. The van der Waals surface area contributed by atoms with Gasteiger partial charge in [-0.05, 0) is 31.6 Å². The van der Waals surface area contributed by atoms with Crippen molar-refractivity contribution in [1.29, 1.82) is 0 Å². The number of hydrogen-bond acceptors (Lipinski definition) is 2. The molecule has 2 amide bonds. The van der Waals surface area contributed by atoms with Crippen molar-refractivity contribution < 1.29 is 14.7 Å². The van der Waals surface area contributed by atoms with Crippen molar-refractivity contribution >= 4 is 12.0 Å². The Morgan fingerprint density at radius 1 is 1.15 bits per heavy atom. The smallest absolute Gasteiger partial charge is 0.315 e. The molecule has 0 aliphatic heterocycles. The molecule has 0 aromatic heterocycles. The summed E-state index contributed by atoms with van der Waals surface area (Å²) in [4.78, 5) is 22.0. The van der Waals surface area contributed by atoms with E-state index in [0.717, 1.165) is 38.5 Å². The van der Waals surface area contributed by atoms with Crippen LogP contribution >= 0.6 is 0 Å². The summed E-state index contributed by atoms with van der Waals surface area (Å²) in [5, 5.41) is 14.4. The Morgan fingerprint density at radius 2 is 1.90 bits per heavy atom. The van der Waals surface area contributed by atoms with Crippen molar-refractivity contribution in [3.05, 3.63) is 0 Å². The van der Waals surface area contributed by atoms with Crippen LogP contribution in [-0.2, 0) is 4.79 Å². The molecule has 5 heteroatoms. The van der Waals surface area contributed by atoms with Crippen LogP contribution in [0.5, 0.6) is 0 Å². The van der Waals surface area contributed by atoms with Crippen LogP contribution in [0, 0.1) is 5.92 Å². The van der Waals surface area contributed by atoms with Crippen molar-refractivity contribution in [2.75, 3.05) is 6.54 Å². The lowest BCUT2D eigenvalue weighted by Gasteiger charge is -2.27. The van der Waals surface area contributed by atoms with Crippen LogP contribution in [0.4, 0.5) is 4.79 Å². The molecule has 0 aromatic carbocycles. The van der Waals surface area contributed by atoms with Gasteiger partial charge in [-0.1, -0.05) is 32.6 Å². The number of nitrogens with one attached hydrogen (secondary N) is 2. The zero-order chi connectivity index (χ0) is 14.8. The molecule has 0 aromatic rings. The van der Waals surface area contributed by atoms with Gasteiger partial charge in [0.2, 0.25) is 0 Å². The highest BCUT2D eigenvalue weighted by molar-refractivity contribution is 5.74. The third-order valence-corrected chi connectivity index (χ3v) is 3.87. The van der Waals surface area contributed by atoms with E-state index in [1.807, 2.05) is 0 Å². The highest BCUT2D eigenvalue weighted by Gasteiger charge is 2.19. The predicted molar refractivity (Wildman–Crippen MR) is 78.7 cm³/mol. The van der Waals surface area contributed by atoms with E-state index in [1.165, 1.54) is 12.8 Å².